The number of amides is 4. The van der Waals surface area contributed by atoms with Crippen molar-refractivity contribution in [2.24, 2.45) is 16.8 Å². The molecule has 1 saturated carbocycles. The van der Waals surface area contributed by atoms with Gasteiger partial charge < -0.3 is 5.32 Å². The Bertz CT molecular complexity index is 1340. The molecule has 39 heavy (non-hydrogen) atoms. The van der Waals surface area contributed by atoms with Crippen LogP contribution in [0.5, 0.6) is 0 Å². The van der Waals surface area contributed by atoms with E-state index in [1.54, 1.807) is 31.2 Å². The maximum absolute atomic E-state index is 13.1. The first kappa shape index (κ1) is 27.5. The Morgan fingerprint density at radius 3 is 2.36 bits per heavy atom. The van der Waals surface area contributed by atoms with Crippen molar-refractivity contribution in [2.75, 3.05) is 18.0 Å². The van der Waals surface area contributed by atoms with Crippen molar-refractivity contribution in [2.45, 2.75) is 77.3 Å². The topological polar surface area (TPSA) is 128 Å². The molecule has 0 bridgehead atoms. The average molecular weight is 556 g/mol. The van der Waals surface area contributed by atoms with Crippen LogP contribution in [0.4, 0.5) is 10.5 Å². The van der Waals surface area contributed by atoms with Crippen molar-refractivity contribution < 1.29 is 22.8 Å². The number of carbonyl (C=O) groups is 3. The van der Waals surface area contributed by atoms with Gasteiger partial charge in [-0.05, 0) is 87.6 Å². The fraction of sp³-hybridized carbons (Fsp3) is 0.571. The second-order valence-corrected chi connectivity index (χ2v) is 13.1. The molecule has 2 N–H and O–H groups in total. The van der Waals surface area contributed by atoms with Crippen molar-refractivity contribution >= 4 is 45.5 Å². The molecule has 0 radical (unpaired) electrons. The number of hydrogen-bond donors (Lipinski definition) is 2. The van der Waals surface area contributed by atoms with Crippen LogP contribution in [0, 0.1) is 18.8 Å². The quantitative estimate of drug-likeness (QED) is 0.521. The van der Waals surface area contributed by atoms with E-state index in [1.165, 1.54) is 21.0 Å². The molecule has 1 unspecified atom stereocenters. The summed E-state index contributed by atoms with van der Waals surface area (Å²) >= 11 is 0. The Morgan fingerprint density at radius 1 is 1.08 bits per heavy atom. The molecule has 4 aliphatic rings. The molecule has 1 aromatic rings. The Labute approximate surface area is 230 Å². The van der Waals surface area contributed by atoms with Crippen molar-refractivity contribution in [1.29, 1.82) is 0 Å². The molecule has 11 heteroatoms. The first-order valence-electron chi connectivity index (χ1n) is 13.9. The van der Waals surface area contributed by atoms with Gasteiger partial charge in [0.15, 0.2) is 0 Å². The molecule has 0 aromatic heterocycles. The molecule has 3 fully saturated rings. The van der Waals surface area contributed by atoms with Crippen LogP contribution in [0.25, 0.3) is 6.08 Å². The zero-order valence-corrected chi connectivity index (χ0v) is 23.6. The summed E-state index contributed by atoms with van der Waals surface area (Å²) in [5.41, 5.74) is 1.17. The average Bonchev–Trinajstić information content (AvgIpc) is 3.37. The summed E-state index contributed by atoms with van der Waals surface area (Å²) in [4.78, 5) is 43.1. The van der Waals surface area contributed by atoms with Crippen LogP contribution in [0.15, 0.2) is 28.6 Å². The smallest absolute Gasteiger partial charge is 0.312 e. The number of nitrogens with one attached hydrogen (secondary N) is 2. The summed E-state index contributed by atoms with van der Waals surface area (Å²) in [5, 5.41) is 6.52. The number of carbonyl (C=O) groups excluding carboxylic acids is 3. The summed E-state index contributed by atoms with van der Waals surface area (Å²) in [6.07, 6.45) is 7.88. The molecule has 4 amide bonds. The van der Waals surface area contributed by atoms with E-state index in [9.17, 15) is 22.8 Å². The largest absolute Gasteiger partial charge is 0.329 e. The number of anilines is 1. The molecule has 10 nitrogen and oxygen atoms in total. The number of nitrogens with zero attached hydrogens (tertiary/aromatic N) is 3. The van der Waals surface area contributed by atoms with Crippen LogP contribution >= 0.6 is 0 Å². The number of rotatable bonds is 6. The Balaban J connectivity index is 1.23. The van der Waals surface area contributed by atoms with Gasteiger partial charge in [0.05, 0.1) is 0 Å². The van der Waals surface area contributed by atoms with Gasteiger partial charge in [0, 0.05) is 30.1 Å². The second-order valence-electron chi connectivity index (χ2n) is 11.2. The minimum Gasteiger partial charge on any atom is -0.312 e. The normalized spacial score (nSPS) is 27.8. The van der Waals surface area contributed by atoms with Gasteiger partial charge in [0.1, 0.15) is 17.4 Å². The lowest BCUT2D eigenvalue weighted by Crippen LogP contribution is -2.50. The Kier molecular flexibility index (Phi) is 7.41. The fourth-order valence-electron chi connectivity index (χ4n) is 6.18. The summed E-state index contributed by atoms with van der Waals surface area (Å²) in [5.74, 6) is 1.40. The molecule has 1 aromatic carbocycles. The number of imide groups is 1. The molecule has 1 atom stereocenters. The first-order chi connectivity index (χ1) is 18.5. The van der Waals surface area contributed by atoms with Gasteiger partial charge in [-0.1, -0.05) is 19.4 Å². The third-order valence-corrected chi connectivity index (χ3v) is 10.5. The molecule has 210 valence electrons. The molecule has 1 spiro atoms. The summed E-state index contributed by atoms with van der Waals surface area (Å²) < 4.78 is 27.7. The lowest BCUT2D eigenvalue weighted by atomic mass is 9.80. The molecule has 3 aliphatic heterocycles. The summed E-state index contributed by atoms with van der Waals surface area (Å²) in [6.45, 7) is 6.16. The van der Waals surface area contributed by atoms with E-state index in [0.717, 1.165) is 43.0 Å². The van der Waals surface area contributed by atoms with E-state index >= 15 is 0 Å². The fourth-order valence-corrected chi connectivity index (χ4v) is 7.36. The van der Waals surface area contributed by atoms with Gasteiger partial charge >= 0.3 is 6.03 Å². The maximum atomic E-state index is 13.1. The first-order valence-corrected chi connectivity index (χ1v) is 15.4. The van der Waals surface area contributed by atoms with Crippen LogP contribution in [0.1, 0.15) is 69.9 Å². The van der Waals surface area contributed by atoms with Gasteiger partial charge in [0.2, 0.25) is 10.0 Å². The minimum atomic E-state index is -3.70. The Morgan fingerprint density at radius 2 is 1.77 bits per heavy atom. The number of urea groups is 1. The van der Waals surface area contributed by atoms with Gasteiger partial charge in [-0.25, -0.2) is 13.2 Å². The van der Waals surface area contributed by atoms with Crippen molar-refractivity contribution in [3.8, 4) is 0 Å². The van der Waals surface area contributed by atoms with Crippen molar-refractivity contribution in [1.82, 2.24) is 14.9 Å². The van der Waals surface area contributed by atoms with E-state index in [4.69, 9.17) is 4.99 Å². The van der Waals surface area contributed by atoms with Crippen LogP contribution in [-0.4, -0.2) is 61.1 Å². The van der Waals surface area contributed by atoms with Crippen molar-refractivity contribution in [3.63, 3.8) is 0 Å². The predicted octanol–water partition coefficient (Wildman–Crippen LogP) is 3.32. The van der Waals surface area contributed by atoms with Gasteiger partial charge in [-0.15, -0.1) is 0 Å². The highest BCUT2D eigenvalue weighted by molar-refractivity contribution is 7.92. The third kappa shape index (κ3) is 5.26. The molecule has 1 aliphatic carbocycles. The Hall–Kier alpha value is -3.05. The maximum Gasteiger partial charge on any atom is 0.329 e. The lowest BCUT2D eigenvalue weighted by molar-refractivity contribution is -0.125. The number of sulfonamides is 1. The molecular formula is C28H37N5O5S. The highest BCUT2D eigenvalue weighted by Crippen LogP contribution is 2.37. The van der Waals surface area contributed by atoms with Crippen LogP contribution < -0.4 is 15.5 Å². The van der Waals surface area contributed by atoms with E-state index in [0.29, 0.717) is 30.0 Å². The SMILES string of the molecule is CCC1CCC(C2=NC3(CCN(S(=O)(=O)/C=C/c4ccc(N5C(=O)NC(=O)C5C)cc4C)CC3)C(=O)N2)CC1. The number of piperidine rings is 1. The van der Waals surface area contributed by atoms with Gasteiger partial charge in [0.25, 0.3) is 11.8 Å². The van der Waals surface area contributed by atoms with Gasteiger partial charge in [-0.3, -0.25) is 24.8 Å². The number of aliphatic imine (C=N–C) groups is 1. The van der Waals surface area contributed by atoms with E-state index in [-0.39, 0.29) is 24.9 Å². The summed E-state index contributed by atoms with van der Waals surface area (Å²) in [7, 11) is -3.70. The zero-order valence-electron chi connectivity index (χ0n) is 22.8. The summed E-state index contributed by atoms with van der Waals surface area (Å²) in [6, 6.07) is 4.10. The lowest BCUT2D eigenvalue weighted by Gasteiger charge is -2.34. The monoisotopic (exact) mass is 555 g/mol. The number of benzene rings is 1. The number of hydrogen-bond acceptors (Lipinski definition) is 6. The number of amidine groups is 1. The minimum absolute atomic E-state index is 0.0962. The van der Waals surface area contributed by atoms with E-state index < -0.39 is 27.6 Å². The standard InChI is InChI=1S/C28H37N5O5S/c1-4-20-5-7-22(8-6-20)24-29-26(35)28(31-24)12-14-32(15-13-28)39(37,38)16-11-21-9-10-23(17-18(21)2)33-19(3)25(34)30-27(33)36/h9-11,16-17,19-20,22H,4-8,12-15H2,1-3H3,(H,29,31,35)(H,30,34,36)/b16-11+. The highest BCUT2D eigenvalue weighted by atomic mass is 32.2. The van der Waals surface area contributed by atoms with Crippen LogP contribution in [0.3, 0.4) is 0 Å². The predicted molar refractivity (Wildman–Crippen MR) is 149 cm³/mol. The second kappa shape index (κ2) is 10.5. The van der Waals surface area contributed by atoms with E-state index in [1.807, 2.05) is 6.92 Å². The van der Waals surface area contributed by atoms with E-state index in [2.05, 4.69) is 17.6 Å². The molecule has 3 heterocycles. The molecule has 2 saturated heterocycles. The third-order valence-electron chi connectivity index (χ3n) is 8.89. The molecular weight excluding hydrogens is 518 g/mol. The van der Waals surface area contributed by atoms with Crippen LogP contribution in [-0.2, 0) is 19.6 Å². The van der Waals surface area contributed by atoms with Crippen molar-refractivity contribution in [3.05, 3.63) is 34.7 Å². The van der Waals surface area contributed by atoms with Crippen LogP contribution in [0.2, 0.25) is 0 Å². The highest BCUT2D eigenvalue weighted by Gasteiger charge is 2.48. The molecule has 5 rings (SSSR count). The number of aryl methyl sites for hydroxylation is 1. The van der Waals surface area contributed by atoms with Gasteiger partial charge in [-0.2, -0.15) is 4.31 Å². The zero-order chi connectivity index (χ0) is 27.9.